The highest BCUT2D eigenvalue weighted by Gasteiger charge is 2.05. The lowest BCUT2D eigenvalue weighted by atomic mass is 10.1. The van der Waals surface area contributed by atoms with E-state index in [0.29, 0.717) is 21.6 Å². The third-order valence-corrected chi connectivity index (χ3v) is 3.62. The molecule has 1 aromatic carbocycles. The van der Waals surface area contributed by atoms with Gasteiger partial charge in [0.1, 0.15) is 4.99 Å². The largest absolute Gasteiger partial charge is 0.389 e. The van der Waals surface area contributed by atoms with Crippen molar-refractivity contribution >= 4 is 46.1 Å². The predicted molar refractivity (Wildman–Crippen MR) is 88.8 cm³/mol. The minimum Gasteiger partial charge on any atom is -0.389 e. The molecule has 20 heavy (non-hydrogen) atoms. The van der Waals surface area contributed by atoms with Crippen LogP contribution in [0.1, 0.15) is 11.1 Å². The Bertz CT molecular complexity index is 632. The maximum Gasteiger partial charge on any atom is 0.106 e. The molecule has 6 heteroatoms. The first-order chi connectivity index (χ1) is 9.58. The maximum atomic E-state index is 6.13. The second-order valence-electron chi connectivity index (χ2n) is 4.20. The lowest BCUT2D eigenvalue weighted by Crippen LogP contribution is -2.14. The van der Waals surface area contributed by atoms with Gasteiger partial charge in [-0.1, -0.05) is 41.5 Å². The first-order valence-electron chi connectivity index (χ1n) is 5.99. The molecule has 0 radical (unpaired) electrons. The van der Waals surface area contributed by atoms with Crippen LogP contribution < -0.4 is 11.1 Å². The lowest BCUT2D eigenvalue weighted by molar-refractivity contribution is 1.02. The molecule has 0 saturated carbocycles. The van der Waals surface area contributed by atoms with Crippen LogP contribution in [-0.4, -0.2) is 16.5 Å². The number of nitrogens with zero attached hydrogens (tertiary/aromatic N) is 1. The fraction of sp³-hybridized carbons (Fsp3) is 0.143. The molecule has 0 bridgehead atoms. The highest BCUT2D eigenvalue weighted by Crippen LogP contribution is 2.21. The Labute approximate surface area is 133 Å². The number of thiocarbonyl (C=S) groups is 1. The molecule has 0 amide bonds. The van der Waals surface area contributed by atoms with Crippen LogP contribution in [0.25, 0.3) is 0 Å². The van der Waals surface area contributed by atoms with Crippen molar-refractivity contribution in [3.8, 4) is 0 Å². The van der Waals surface area contributed by atoms with Gasteiger partial charge in [0, 0.05) is 28.4 Å². The predicted octanol–water partition coefficient (Wildman–Crippen LogP) is 3.68. The average molecular weight is 326 g/mol. The molecule has 2 rings (SSSR count). The molecule has 0 saturated heterocycles. The van der Waals surface area contributed by atoms with Gasteiger partial charge in [0.05, 0.1) is 11.9 Å². The zero-order chi connectivity index (χ0) is 14.5. The zero-order valence-corrected chi connectivity index (χ0v) is 12.9. The van der Waals surface area contributed by atoms with Gasteiger partial charge in [0.25, 0.3) is 0 Å². The van der Waals surface area contributed by atoms with E-state index in [1.807, 2.05) is 12.1 Å². The number of benzene rings is 1. The molecule has 0 atom stereocenters. The molecule has 1 aromatic heterocycles. The van der Waals surface area contributed by atoms with Gasteiger partial charge in [-0.2, -0.15) is 0 Å². The van der Waals surface area contributed by atoms with Crippen LogP contribution in [0.2, 0.25) is 10.0 Å². The number of nitrogens with two attached hydrogens (primary N) is 1. The van der Waals surface area contributed by atoms with Gasteiger partial charge in [0.2, 0.25) is 0 Å². The van der Waals surface area contributed by atoms with E-state index >= 15 is 0 Å². The van der Waals surface area contributed by atoms with Crippen LogP contribution >= 0.6 is 35.4 Å². The second-order valence-corrected chi connectivity index (χ2v) is 5.48. The lowest BCUT2D eigenvalue weighted by Gasteiger charge is -2.11. The van der Waals surface area contributed by atoms with E-state index in [-0.39, 0.29) is 0 Å². The van der Waals surface area contributed by atoms with Gasteiger partial charge in [-0.3, -0.25) is 4.98 Å². The van der Waals surface area contributed by atoms with Gasteiger partial charge >= 0.3 is 0 Å². The molecule has 0 aliphatic carbocycles. The number of aromatic nitrogens is 1. The zero-order valence-electron chi connectivity index (χ0n) is 10.6. The smallest absolute Gasteiger partial charge is 0.106 e. The molecule has 3 nitrogen and oxygen atoms in total. The van der Waals surface area contributed by atoms with Crippen molar-refractivity contribution in [2.75, 3.05) is 11.9 Å². The fourth-order valence-electron chi connectivity index (χ4n) is 1.81. The molecule has 2 aromatic rings. The Morgan fingerprint density at radius 2 is 2.10 bits per heavy atom. The number of anilines is 1. The maximum absolute atomic E-state index is 6.13. The van der Waals surface area contributed by atoms with Crippen molar-refractivity contribution in [1.82, 2.24) is 4.98 Å². The van der Waals surface area contributed by atoms with Crippen LogP contribution in [0.3, 0.4) is 0 Å². The highest BCUT2D eigenvalue weighted by atomic mass is 35.5. The Kier molecular flexibility index (Phi) is 5.17. The van der Waals surface area contributed by atoms with Crippen LogP contribution in [0.15, 0.2) is 36.7 Å². The van der Waals surface area contributed by atoms with E-state index in [0.717, 1.165) is 23.2 Å². The van der Waals surface area contributed by atoms with Crippen molar-refractivity contribution < 1.29 is 0 Å². The van der Waals surface area contributed by atoms with E-state index in [9.17, 15) is 0 Å². The molecule has 104 valence electrons. The number of pyridine rings is 1. The van der Waals surface area contributed by atoms with Crippen molar-refractivity contribution in [2.45, 2.75) is 6.42 Å². The van der Waals surface area contributed by atoms with Crippen molar-refractivity contribution in [3.05, 3.63) is 57.8 Å². The monoisotopic (exact) mass is 325 g/mol. The number of hydrogen-bond donors (Lipinski definition) is 2. The summed E-state index contributed by atoms with van der Waals surface area (Å²) in [5, 5.41) is 4.56. The quantitative estimate of drug-likeness (QED) is 0.823. The number of halogens is 2. The highest BCUT2D eigenvalue weighted by molar-refractivity contribution is 7.80. The van der Waals surface area contributed by atoms with E-state index in [4.69, 9.17) is 41.2 Å². The summed E-state index contributed by atoms with van der Waals surface area (Å²) in [5.74, 6) is 0. The average Bonchev–Trinajstić information content (AvgIpc) is 2.41. The Hall–Kier alpha value is -1.36. The SMILES string of the molecule is NC(=S)c1ccncc1NCCc1ccc(Cl)cc1Cl. The van der Waals surface area contributed by atoms with Gasteiger partial charge in [0.15, 0.2) is 0 Å². The summed E-state index contributed by atoms with van der Waals surface area (Å²) in [6, 6.07) is 7.28. The topological polar surface area (TPSA) is 50.9 Å². The van der Waals surface area contributed by atoms with E-state index < -0.39 is 0 Å². The molecule has 1 heterocycles. The van der Waals surface area contributed by atoms with Crippen LogP contribution in [0, 0.1) is 0 Å². The van der Waals surface area contributed by atoms with Crippen molar-refractivity contribution in [2.24, 2.45) is 5.73 Å². The molecule has 0 fully saturated rings. The normalized spacial score (nSPS) is 10.3. The second kappa shape index (κ2) is 6.88. The first kappa shape index (κ1) is 15.0. The summed E-state index contributed by atoms with van der Waals surface area (Å²) in [7, 11) is 0. The molecular formula is C14H13Cl2N3S. The third kappa shape index (κ3) is 3.82. The number of nitrogens with one attached hydrogen (secondary N) is 1. The Morgan fingerprint density at radius 3 is 2.80 bits per heavy atom. The van der Waals surface area contributed by atoms with E-state index in [1.54, 1.807) is 24.5 Å². The Balaban J connectivity index is 2.01. The van der Waals surface area contributed by atoms with E-state index in [2.05, 4.69) is 10.3 Å². The molecule has 0 aliphatic rings. The number of rotatable bonds is 5. The van der Waals surface area contributed by atoms with Gasteiger partial charge in [-0.15, -0.1) is 0 Å². The summed E-state index contributed by atoms with van der Waals surface area (Å²) >= 11 is 17.0. The number of hydrogen-bond acceptors (Lipinski definition) is 3. The molecule has 3 N–H and O–H groups in total. The summed E-state index contributed by atoms with van der Waals surface area (Å²) in [4.78, 5) is 4.41. The summed E-state index contributed by atoms with van der Waals surface area (Å²) < 4.78 is 0. The van der Waals surface area contributed by atoms with Gasteiger partial charge < -0.3 is 11.1 Å². The molecule has 0 aliphatic heterocycles. The van der Waals surface area contributed by atoms with Gasteiger partial charge in [-0.25, -0.2) is 0 Å². The van der Waals surface area contributed by atoms with Crippen LogP contribution in [-0.2, 0) is 6.42 Å². The Morgan fingerprint density at radius 1 is 1.30 bits per heavy atom. The van der Waals surface area contributed by atoms with Crippen LogP contribution in [0.5, 0.6) is 0 Å². The van der Waals surface area contributed by atoms with Crippen molar-refractivity contribution in [1.29, 1.82) is 0 Å². The minimum absolute atomic E-state index is 0.347. The summed E-state index contributed by atoms with van der Waals surface area (Å²) in [6.45, 7) is 0.697. The third-order valence-electron chi connectivity index (χ3n) is 2.81. The molecular weight excluding hydrogens is 313 g/mol. The summed E-state index contributed by atoms with van der Waals surface area (Å²) in [6.07, 6.45) is 4.13. The van der Waals surface area contributed by atoms with Gasteiger partial charge in [-0.05, 0) is 30.2 Å². The molecule has 0 spiro atoms. The standard InChI is InChI=1S/C14H13Cl2N3S/c15-10-2-1-9(12(16)7-10)3-6-19-13-8-18-5-4-11(13)14(17)20/h1-2,4-5,7-8,19H,3,6H2,(H2,17,20). The van der Waals surface area contributed by atoms with Crippen molar-refractivity contribution in [3.63, 3.8) is 0 Å². The molecule has 0 unspecified atom stereocenters. The fourth-order valence-corrected chi connectivity index (χ4v) is 2.49. The van der Waals surface area contributed by atoms with Crippen LogP contribution in [0.4, 0.5) is 5.69 Å². The first-order valence-corrected chi connectivity index (χ1v) is 7.16. The summed E-state index contributed by atoms with van der Waals surface area (Å²) in [5.41, 5.74) is 8.31. The minimum atomic E-state index is 0.347. The van der Waals surface area contributed by atoms with E-state index in [1.165, 1.54) is 0 Å².